The third kappa shape index (κ3) is 2.91. The van der Waals surface area contributed by atoms with Crippen LogP contribution >= 0.6 is 0 Å². The maximum Gasteiger partial charge on any atom is 0.336 e. The van der Waals surface area contributed by atoms with Crippen LogP contribution < -0.4 is 4.74 Å². The van der Waals surface area contributed by atoms with Gasteiger partial charge < -0.3 is 25.2 Å². The maximum absolute atomic E-state index is 11.1. The quantitative estimate of drug-likeness (QED) is 0.602. The topological polar surface area (TPSA) is 107 Å². The molecule has 1 rings (SSSR count). The Morgan fingerprint density at radius 2 is 2.11 bits per heavy atom. The third-order valence-electron chi connectivity index (χ3n) is 2.58. The number of benzene rings is 1. The first kappa shape index (κ1) is 14.3. The van der Waals surface area contributed by atoms with E-state index in [2.05, 4.69) is 0 Å². The van der Waals surface area contributed by atoms with E-state index >= 15 is 0 Å². The molecule has 6 heteroatoms. The van der Waals surface area contributed by atoms with E-state index in [0.717, 1.165) is 0 Å². The second-order valence-corrected chi connectivity index (χ2v) is 3.77. The lowest BCUT2D eigenvalue weighted by Crippen LogP contribution is -2.10. The van der Waals surface area contributed by atoms with E-state index in [9.17, 15) is 15.0 Å². The minimum Gasteiger partial charge on any atom is -0.504 e. The summed E-state index contributed by atoms with van der Waals surface area (Å²) in [5.41, 5.74) is -0.103. The maximum atomic E-state index is 11.1. The molecule has 0 fully saturated rings. The molecular weight excluding hydrogens is 240 g/mol. The van der Waals surface area contributed by atoms with Gasteiger partial charge in [-0.3, -0.25) is 0 Å². The highest BCUT2D eigenvalue weighted by molar-refractivity contribution is 5.91. The molecule has 1 aromatic carbocycles. The van der Waals surface area contributed by atoms with Crippen molar-refractivity contribution < 1.29 is 30.0 Å². The number of aliphatic hydroxyl groups excluding tert-OH is 2. The fourth-order valence-corrected chi connectivity index (χ4v) is 1.75. The molecular formula is C12H16O6. The Morgan fingerprint density at radius 3 is 2.61 bits per heavy atom. The highest BCUT2D eigenvalue weighted by Gasteiger charge is 2.24. The molecule has 0 aliphatic heterocycles. The molecule has 0 aliphatic carbocycles. The fourth-order valence-electron chi connectivity index (χ4n) is 1.75. The second-order valence-electron chi connectivity index (χ2n) is 3.77. The first-order chi connectivity index (χ1) is 8.52. The van der Waals surface area contributed by atoms with Gasteiger partial charge in [-0.1, -0.05) is 0 Å². The highest BCUT2D eigenvalue weighted by atomic mass is 16.5. The Bertz CT molecular complexity index is 429. The first-order valence-corrected chi connectivity index (χ1v) is 5.45. The van der Waals surface area contributed by atoms with Gasteiger partial charge >= 0.3 is 5.97 Å². The summed E-state index contributed by atoms with van der Waals surface area (Å²) in [5, 5.41) is 37.3. The number of aromatic carboxylic acids is 1. The first-order valence-electron chi connectivity index (χ1n) is 5.45. The van der Waals surface area contributed by atoms with E-state index in [0.29, 0.717) is 6.42 Å². The predicted octanol–water partition coefficient (Wildman–Crippen LogP) is 0.905. The number of carboxylic acids is 1. The number of aromatic hydroxyl groups is 1. The Labute approximate surface area is 104 Å². The number of hydrogen-bond acceptors (Lipinski definition) is 5. The van der Waals surface area contributed by atoms with Gasteiger partial charge in [-0.15, -0.1) is 0 Å². The number of phenols is 1. The molecule has 0 heterocycles. The summed E-state index contributed by atoms with van der Waals surface area (Å²) < 4.78 is 4.93. The van der Waals surface area contributed by atoms with Gasteiger partial charge in [0.25, 0.3) is 0 Å². The number of aliphatic hydroxyl groups is 2. The van der Waals surface area contributed by atoms with Crippen molar-refractivity contribution in [2.24, 2.45) is 0 Å². The SMILES string of the molecule is COc1c(O)ccc(C(=O)O)c1C(O)CCCO. The molecule has 0 aromatic heterocycles. The summed E-state index contributed by atoms with van der Waals surface area (Å²) in [6.07, 6.45) is -0.624. The van der Waals surface area contributed by atoms with Crippen LogP contribution in [0.2, 0.25) is 0 Å². The summed E-state index contributed by atoms with van der Waals surface area (Å²) >= 11 is 0. The van der Waals surface area contributed by atoms with E-state index in [1.165, 1.54) is 19.2 Å². The number of carboxylic acid groups (broad SMARTS) is 1. The lowest BCUT2D eigenvalue weighted by Gasteiger charge is -2.17. The number of ether oxygens (including phenoxy) is 1. The fraction of sp³-hybridized carbons (Fsp3) is 0.417. The van der Waals surface area contributed by atoms with E-state index in [1.807, 2.05) is 0 Å². The number of carbonyl (C=O) groups is 1. The molecule has 100 valence electrons. The van der Waals surface area contributed by atoms with Crippen molar-refractivity contribution in [1.82, 2.24) is 0 Å². The summed E-state index contributed by atoms with van der Waals surface area (Å²) in [6, 6.07) is 2.40. The van der Waals surface area contributed by atoms with Crippen molar-refractivity contribution in [2.45, 2.75) is 18.9 Å². The van der Waals surface area contributed by atoms with Gasteiger partial charge in [0, 0.05) is 12.2 Å². The molecule has 4 N–H and O–H groups in total. The molecule has 0 radical (unpaired) electrons. The van der Waals surface area contributed by atoms with Crippen LogP contribution in [0, 0.1) is 0 Å². The monoisotopic (exact) mass is 256 g/mol. The number of methoxy groups -OCH3 is 1. The van der Waals surface area contributed by atoms with Crippen molar-refractivity contribution in [3.8, 4) is 11.5 Å². The minimum atomic E-state index is -1.22. The smallest absolute Gasteiger partial charge is 0.336 e. The molecule has 1 aromatic rings. The number of rotatable bonds is 6. The molecule has 0 saturated carbocycles. The lowest BCUT2D eigenvalue weighted by atomic mass is 9.97. The number of hydrogen-bond donors (Lipinski definition) is 4. The van der Waals surface area contributed by atoms with Crippen molar-refractivity contribution >= 4 is 5.97 Å². The van der Waals surface area contributed by atoms with Gasteiger partial charge in [-0.2, -0.15) is 0 Å². The van der Waals surface area contributed by atoms with Gasteiger partial charge in [0.2, 0.25) is 0 Å². The van der Waals surface area contributed by atoms with Crippen molar-refractivity contribution in [2.75, 3.05) is 13.7 Å². The van der Waals surface area contributed by atoms with Gasteiger partial charge in [0.05, 0.1) is 18.8 Å². The predicted molar refractivity (Wildman–Crippen MR) is 62.9 cm³/mol. The summed E-state index contributed by atoms with van der Waals surface area (Å²) in [6.45, 7) is -0.111. The molecule has 18 heavy (non-hydrogen) atoms. The second kappa shape index (κ2) is 6.23. The van der Waals surface area contributed by atoms with E-state index < -0.39 is 12.1 Å². The largest absolute Gasteiger partial charge is 0.504 e. The van der Waals surface area contributed by atoms with Gasteiger partial charge in [0.15, 0.2) is 11.5 Å². The standard InChI is InChI=1S/C12H16O6/c1-18-11-9(15)5-4-7(12(16)17)10(11)8(14)3-2-6-13/h4-5,8,13-15H,2-3,6H2,1H3,(H,16,17). The Balaban J connectivity index is 3.26. The Hall–Kier alpha value is -1.79. The van der Waals surface area contributed by atoms with Crippen LogP contribution in [0.1, 0.15) is 34.9 Å². The summed E-state index contributed by atoms with van der Waals surface area (Å²) in [7, 11) is 1.28. The van der Waals surface area contributed by atoms with Crippen molar-refractivity contribution in [1.29, 1.82) is 0 Å². The molecule has 0 bridgehead atoms. The molecule has 0 aliphatic rings. The van der Waals surface area contributed by atoms with Gasteiger partial charge in [0.1, 0.15) is 0 Å². The minimum absolute atomic E-state index is 0.0263. The van der Waals surface area contributed by atoms with Crippen LogP contribution in [0.5, 0.6) is 11.5 Å². The Kier molecular flexibility index (Phi) is 4.94. The van der Waals surface area contributed by atoms with Crippen LogP contribution in [-0.2, 0) is 0 Å². The van der Waals surface area contributed by atoms with Crippen LogP contribution in [0.25, 0.3) is 0 Å². The number of phenolic OH excluding ortho intramolecular Hbond substituents is 1. The van der Waals surface area contributed by atoms with Crippen LogP contribution in [-0.4, -0.2) is 40.1 Å². The zero-order chi connectivity index (χ0) is 13.7. The van der Waals surface area contributed by atoms with Crippen LogP contribution in [0.15, 0.2) is 12.1 Å². The van der Waals surface area contributed by atoms with Crippen LogP contribution in [0.3, 0.4) is 0 Å². The average Bonchev–Trinajstić information content (AvgIpc) is 2.34. The molecule has 6 nitrogen and oxygen atoms in total. The average molecular weight is 256 g/mol. The van der Waals surface area contributed by atoms with E-state index in [1.54, 1.807) is 0 Å². The molecule has 1 atom stereocenters. The van der Waals surface area contributed by atoms with E-state index in [4.69, 9.17) is 14.9 Å². The molecule has 0 spiro atoms. The lowest BCUT2D eigenvalue weighted by molar-refractivity contribution is 0.0686. The van der Waals surface area contributed by atoms with Gasteiger partial charge in [-0.25, -0.2) is 4.79 Å². The van der Waals surface area contributed by atoms with Gasteiger partial charge in [-0.05, 0) is 25.0 Å². The van der Waals surface area contributed by atoms with Crippen molar-refractivity contribution in [3.63, 3.8) is 0 Å². The zero-order valence-electron chi connectivity index (χ0n) is 9.96. The summed E-state index contributed by atoms with van der Waals surface area (Å²) in [5.74, 6) is -1.51. The molecule has 0 saturated heterocycles. The summed E-state index contributed by atoms with van der Waals surface area (Å²) in [4.78, 5) is 11.1. The van der Waals surface area contributed by atoms with Crippen LogP contribution in [0.4, 0.5) is 0 Å². The zero-order valence-corrected chi connectivity index (χ0v) is 9.96. The Morgan fingerprint density at radius 1 is 1.44 bits per heavy atom. The van der Waals surface area contributed by atoms with Crippen molar-refractivity contribution in [3.05, 3.63) is 23.3 Å². The molecule has 0 amide bonds. The molecule has 1 unspecified atom stereocenters. The third-order valence-corrected chi connectivity index (χ3v) is 2.58. The normalized spacial score (nSPS) is 12.2. The van der Waals surface area contributed by atoms with E-state index in [-0.39, 0.29) is 35.7 Å². The highest BCUT2D eigenvalue weighted by Crippen LogP contribution is 2.38.